The largest absolute Gasteiger partial charge is 0.466 e. The van der Waals surface area contributed by atoms with E-state index in [1.807, 2.05) is 20.8 Å². The van der Waals surface area contributed by atoms with Gasteiger partial charge in [0.1, 0.15) is 5.76 Å². The van der Waals surface area contributed by atoms with Crippen LogP contribution >= 0.6 is 0 Å². The molecular formula is C20H32N2O3. The summed E-state index contributed by atoms with van der Waals surface area (Å²) < 4.78 is 11.2. The smallest absolute Gasteiger partial charge is 0.231 e. The fraction of sp³-hybridized carbons (Fsp3) is 0.600. The first-order valence-electron chi connectivity index (χ1n) is 9.02. The zero-order valence-electron chi connectivity index (χ0n) is 16.5. The van der Waals surface area contributed by atoms with E-state index in [-0.39, 0.29) is 5.91 Å². The molecule has 0 fully saturated rings. The van der Waals surface area contributed by atoms with E-state index >= 15 is 0 Å². The fourth-order valence-electron chi connectivity index (χ4n) is 2.52. The van der Waals surface area contributed by atoms with Gasteiger partial charge in [0.2, 0.25) is 11.8 Å². The number of ether oxygens (including phenoxy) is 1. The number of allylic oxidation sites excluding steroid dienone is 3. The predicted octanol–water partition coefficient (Wildman–Crippen LogP) is 5.71. The molecule has 1 heterocycles. The number of amides is 1. The topological polar surface area (TPSA) is 64.4 Å². The lowest BCUT2D eigenvalue weighted by atomic mass is 9.87. The second-order valence-corrected chi connectivity index (χ2v) is 6.88. The van der Waals surface area contributed by atoms with Crippen LogP contribution < -0.4 is 5.32 Å². The average molecular weight is 348 g/mol. The Bertz CT molecular complexity index is 627. The molecular weight excluding hydrogens is 316 g/mol. The van der Waals surface area contributed by atoms with Crippen molar-refractivity contribution < 1.29 is 14.1 Å². The lowest BCUT2D eigenvalue weighted by molar-refractivity contribution is -0.114. The Morgan fingerprint density at radius 3 is 2.56 bits per heavy atom. The van der Waals surface area contributed by atoms with Gasteiger partial charge in [0.25, 0.3) is 0 Å². The van der Waals surface area contributed by atoms with E-state index in [2.05, 4.69) is 30.9 Å². The molecule has 0 aliphatic heterocycles. The van der Waals surface area contributed by atoms with Gasteiger partial charge in [-0.05, 0) is 45.6 Å². The lowest BCUT2D eigenvalue weighted by Gasteiger charge is -2.25. The maximum absolute atomic E-state index is 11.1. The standard InChI is InChI=1S/C20H32N2O3/c1-8-10-11-12-17(9-2)14(3)24-15(4)20(6,7)18-13-19(25-22-18)21-16(5)23/h13H,4,8-12H2,1-3,5-7H3,(H,21,23)/b17-14-. The molecule has 0 aliphatic carbocycles. The Labute approximate surface area is 151 Å². The van der Waals surface area contributed by atoms with Crippen LogP contribution in [0.25, 0.3) is 0 Å². The quantitative estimate of drug-likeness (QED) is 0.435. The van der Waals surface area contributed by atoms with Gasteiger partial charge in [-0.25, -0.2) is 0 Å². The molecule has 0 unspecified atom stereocenters. The minimum absolute atomic E-state index is 0.200. The number of nitrogens with zero attached hydrogens (tertiary/aromatic N) is 1. The van der Waals surface area contributed by atoms with Crippen molar-refractivity contribution in [1.82, 2.24) is 5.16 Å². The van der Waals surface area contributed by atoms with Gasteiger partial charge >= 0.3 is 0 Å². The molecule has 5 nitrogen and oxygen atoms in total. The molecule has 5 heteroatoms. The van der Waals surface area contributed by atoms with E-state index in [9.17, 15) is 4.79 Å². The van der Waals surface area contributed by atoms with Crippen LogP contribution in [-0.4, -0.2) is 11.1 Å². The Morgan fingerprint density at radius 1 is 1.32 bits per heavy atom. The van der Waals surface area contributed by atoms with Gasteiger partial charge < -0.3 is 9.26 Å². The molecule has 1 aromatic heterocycles. The number of rotatable bonds is 10. The lowest BCUT2D eigenvalue weighted by Crippen LogP contribution is -2.22. The number of nitrogens with one attached hydrogen (secondary N) is 1. The van der Waals surface area contributed by atoms with E-state index in [0.717, 1.165) is 18.6 Å². The van der Waals surface area contributed by atoms with E-state index in [0.29, 0.717) is 17.3 Å². The second kappa shape index (κ2) is 9.44. The molecule has 1 rings (SSSR count). The average Bonchev–Trinajstić information content (AvgIpc) is 2.99. The zero-order chi connectivity index (χ0) is 19.0. The molecule has 0 saturated heterocycles. The monoisotopic (exact) mass is 348 g/mol. The minimum atomic E-state index is -0.538. The minimum Gasteiger partial charge on any atom is -0.466 e. The Morgan fingerprint density at radius 2 is 2.00 bits per heavy atom. The van der Waals surface area contributed by atoms with Gasteiger partial charge in [-0.15, -0.1) is 0 Å². The van der Waals surface area contributed by atoms with E-state index < -0.39 is 5.41 Å². The number of aromatic nitrogens is 1. The first-order chi connectivity index (χ1) is 11.7. The van der Waals surface area contributed by atoms with Crippen LogP contribution in [0.4, 0.5) is 5.88 Å². The van der Waals surface area contributed by atoms with Crippen molar-refractivity contribution in [3.8, 4) is 0 Å². The number of carbonyl (C=O) groups excluding carboxylic acids is 1. The van der Waals surface area contributed by atoms with Gasteiger partial charge in [-0.1, -0.05) is 38.4 Å². The van der Waals surface area contributed by atoms with Gasteiger partial charge in [0, 0.05) is 13.0 Å². The summed E-state index contributed by atoms with van der Waals surface area (Å²) in [6, 6.07) is 1.71. The molecule has 0 bridgehead atoms. The van der Waals surface area contributed by atoms with Gasteiger partial charge in [0.05, 0.1) is 16.9 Å². The Kier molecular flexibility index (Phi) is 7.94. The zero-order valence-corrected chi connectivity index (χ0v) is 16.5. The summed E-state index contributed by atoms with van der Waals surface area (Å²) in [5.74, 6) is 1.65. The predicted molar refractivity (Wildman–Crippen MR) is 101 cm³/mol. The third kappa shape index (κ3) is 6.07. The summed E-state index contributed by atoms with van der Waals surface area (Å²) >= 11 is 0. The summed E-state index contributed by atoms with van der Waals surface area (Å²) in [6.07, 6.45) is 5.65. The van der Waals surface area contributed by atoms with Crippen molar-refractivity contribution in [2.45, 2.75) is 79.1 Å². The van der Waals surface area contributed by atoms with Crippen LogP contribution in [0.15, 0.2) is 34.3 Å². The van der Waals surface area contributed by atoms with Gasteiger partial charge in [0.15, 0.2) is 0 Å². The molecule has 0 saturated carbocycles. The van der Waals surface area contributed by atoms with Crippen molar-refractivity contribution in [2.75, 3.05) is 5.32 Å². The molecule has 25 heavy (non-hydrogen) atoms. The molecule has 1 aromatic rings. The van der Waals surface area contributed by atoms with Gasteiger partial charge in [-0.3, -0.25) is 10.1 Å². The highest BCUT2D eigenvalue weighted by molar-refractivity contribution is 5.87. The van der Waals surface area contributed by atoms with Crippen molar-refractivity contribution in [3.05, 3.63) is 35.4 Å². The molecule has 0 atom stereocenters. The molecule has 140 valence electrons. The van der Waals surface area contributed by atoms with Crippen LogP contribution in [0.3, 0.4) is 0 Å². The van der Waals surface area contributed by atoms with Crippen molar-refractivity contribution >= 4 is 11.8 Å². The SMILES string of the molecule is C=C(O/C(C)=C(/CC)CCCCC)C(C)(C)c1cc(NC(C)=O)on1. The maximum Gasteiger partial charge on any atom is 0.231 e. The fourth-order valence-corrected chi connectivity index (χ4v) is 2.52. The summed E-state index contributed by atoms with van der Waals surface area (Å²) in [5, 5.41) is 6.63. The third-order valence-electron chi connectivity index (χ3n) is 4.43. The van der Waals surface area contributed by atoms with Crippen LogP contribution in [0, 0.1) is 0 Å². The highest BCUT2D eigenvalue weighted by Gasteiger charge is 2.30. The molecule has 0 spiro atoms. The summed E-state index contributed by atoms with van der Waals surface area (Å²) in [7, 11) is 0. The van der Waals surface area contributed by atoms with Crippen LogP contribution in [-0.2, 0) is 14.9 Å². The number of carbonyl (C=O) groups is 1. The van der Waals surface area contributed by atoms with E-state index in [4.69, 9.17) is 9.26 Å². The van der Waals surface area contributed by atoms with Crippen LogP contribution in [0.5, 0.6) is 0 Å². The summed E-state index contributed by atoms with van der Waals surface area (Å²) in [4.78, 5) is 11.1. The molecule has 0 aromatic carbocycles. The second-order valence-electron chi connectivity index (χ2n) is 6.88. The summed E-state index contributed by atoms with van der Waals surface area (Å²) in [6.45, 7) is 15.8. The molecule has 1 N–H and O–H groups in total. The summed E-state index contributed by atoms with van der Waals surface area (Å²) in [5.41, 5.74) is 1.45. The highest BCUT2D eigenvalue weighted by Crippen LogP contribution is 2.34. The van der Waals surface area contributed by atoms with Crippen molar-refractivity contribution in [1.29, 1.82) is 0 Å². The Balaban J connectivity index is 2.85. The molecule has 0 radical (unpaired) electrons. The Hall–Kier alpha value is -2.04. The van der Waals surface area contributed by atoms with Crippen molar-refractivity contribution in [3.63, 3.8) is 0 Å². The third-order valence-corrected chi connectivity index (χ3v) is 4.43. The first-order valence-corrected chi connectivity index (χ1v) is 9.02. The van der Waals surface area contributed by atoms with Crippen LogP contribution in [0.2, 0.25) is 0 Å². The highest BCUT2D eigenvalue weighted by atomic mass is 16.5. The number of anilines is 1. The molecule has 0 aliphatic rings. The van der Waals surface area contributed by atoms with E-state index in [1.54, 1.807) is 6.07 Å². The van der Waals surface area contributed by atoms with Crippen LogP contribution in [0.1, 0.15) is 79.3 Å². The first kappa shape index (κ1) is 21.0. The van der Waals surface area contributed by atoms with Crippen molar-refractivity contribution in [2.24, 2.45) is 0 Å². The van der Waals surface area contributed by atoms with E-state index in [1.165, 1.54) is 31.8 Å². The number of unbranched alkanes of at least 4 members (excludes halogenated alkanes) is 2. The molecule has 1 amide bonds. The maximum atomic E-state index is 11.1. The number of hydrogen-bond acceptors (Lipinski definition) is 4. The van der Waals surface area contributed by atoms with Gasteiger partial charge in [-0.2, -0.15) is 0 Å². The number of hydrogen-bond donors (Lipinski definition) is 1. The normalized spacial score (nSPS) is 12.6.